The maximum Gasteiger partial charge on any atom is 0.0704 e. The Morgan fingerprint density at radius 2 is 1.62 bits per heavy atom. The third-order valence-electron chi connectivity index (χ3n) is 3.68. The van der Waals surface area contributed by atoms with E-state index in [4.69, 9.17) is 0 Å². The topological polar surface area (TPSA) is 12.9 Å². The number of aryl methyl sites for hydroxylation is 1. The molecule has 0 aliphatic heterocycles. The van der Waals surface area contributed by atoms with Crippen LogP contribution >= 0.6 is 0 Å². The summed E-state index contributed by atoms with van der Waals surface area (Å²) in [6.45, 7) is 2.22. The molecule has 0 spiro atoms. The summed E-state index contributed by atoms with van der Waals surface area (Å²) in [4.78, 5) is 4.53. The summed E-state index contributed by atoms with van der Waals surface area (Å²) in [5.74, 6) is 0. The molecule has 1 heteroatoms. The second-order valence-electron chi connectivity index (χ2n) is 5.20. The molecule has 0 radical (unpaired) electrons. The molecule has 0 saturated carbocycles. The van der Waals surface area contributed by atoms with Gasteiger partial charge >= 0.3 is 0 Å². The van der Waals surface area contributed by atoms with E-state index < -0.39 is 0 Å². The molecule has 0 amide bonds. The molecule has 0 atom stereocenters. The fraction of sp³-hybridized carbons (Fsp3) is 0.150. The van der Waals surface area contributed by atoms with E-state index in [0.29, 0.717) is 0 Å². The van der Waals surface area contributed by atoms with Crippen molar-refractivity contribution >= 4 is 0 Å². The lowest BCUT2D eigenvalue weighted by Crippen LogP contribution is -1.92. The predicted molar refractivity (Wildman–Crippen MR) is 89.1 cm³/mol. The second kappa shape index (κ2) is 6.36. The number of rotatable bonds is 4. The van der Waals surface area contributed by atoms with Crippen LogP contribution in [-0.4, -0.2) is 4.98 Å². The average Bonchev–Trinajstić information content (AvgIpc) is 2.57. The zero-order chi connectivity index (χ0) is 14.5. The minimum Gasteiger partial charge on any atom is -0.256 e. The van der Waals surface area contributed by atoms with Crippen LogP contribution in [0, 0.1) is 0 Å². The Kier molecular flexibility index (Phi) is 4.11. The van der Waals surface area contributed by atoms with E-state index in [2.05, 4.69) is 66.5 Å². The Balaban J connectivity index is 2.11. The van der Waals surface area contributed by atoms with Gasteiger partial charge in [-0.15, -0.1) is 0 Å². The van der Waals surface area contributed by atoms with Gasteiger partial charge in [-0.3, -0.25) is 4.98 Å². The molecule has 3 aromatic rings. The summed E-state index contributed by atoms with van der Waals surface area (Å²) in [6, 6.07) is 23.3. The third kappa shape index (κ3) is 3.03. The summed E-state index contributed by atoms with van der Waals surface area (Å²) < 4.78 is 0. The zero-order valence-electron chi connectivity index (χ0n) is 12.3. The molecular weight excluding hydrogens is 254 g/mol. The van der Waals surface area contributed by atoms with Gasteiger partial charge in [0.2, 0.25) is 0 Å². The van der Waals surface area contributed by atoms with Gasteiger partial charge in [-0.1, -0.05) is 61.9 Å². The lowest BCUT2D eigenvalue weighted by molar-refractivity contribution is 0.923. The van der Waals surface area contributed by atoms with Crippen molar-refractivity contribution in [2.45, 2.75) is 19.8 Å². The van der Waals surface area contributed by atoms with Crippen LogP contribution in [0.15, 0.2) is 72.9 Å². The van der Waals surface area contributed by atoms with E-state index in [9.17, 15) is 0 Å². The fourth-order valence-corrected chi connectivity index (χ4v) is 2.63. The van der Waals surface area contributed by atoms with E-state index in [-0.39, 0.29) is 0 Å². The molecule has 2 aromatic carbocycles. The van der Waals surface area contributed by atoms with Crippen LogP contribution in [0.2, 0.25) is 0 Å². The first-order chi connectivity index (χ1) is 10.4. The van der Waals surface area contributed by atoms with Gasteiger partial charge in [0.05, 0.1) is 5.69 Å². The second-order valence-corrected chi connectivity index (χ2v) is 5.20. The third-order valence-corrected chi connectivity index (χ3v) is 3.68. The molecule has 0 aliphatic carbocycles. The monoisotopic (exact) mass is 273 g/mol. The highest BCUT2D eigenvalue weighted by Gasteiger charge is 2.08. The van der Waals surface area contributed by atoms with Crippen molar-refractivity contribution in [2.75, 3.05) is 0 Å². The number of nitrogens with zero attached hydrogens (tertiary/aromatic N) is 1. The first-order valence-corrected chi connectivity index (χ1v) is 7.48. The van der Waals surface area contributed by atoms with Crippen molar-refractivity contribution in [3.8, 4) is 22.4 Å². The Bertz CT molecular complexity index is 702. The van der Waals surface area contributed by atoms with Crippen molar-refractivity contribution in [3.05, 3.63) is 78.5 Å². The molecule has 1 heterocycles. The van der Waals surface area contributed by atoms with E-state index in [1.165, 1.54) is 22.3 Å². The molecule has 1 nitrogen and oxygen atoms in total. The largest absolute Gasteiger partial charge is 0.256 e. The Labute approximate surface area is 126 Å². The quantitative estimate of drug-likeness (QED) is 0.623. The smallest absolute Gasteiger partial charge is 0.0704 e. The molecule has 0 saturated heterocycles. The van der Waals surface area contributed by atoms with Crippen LogP contribution in [-0.2, 0) is 6.42 Å². The normalized spacial score (nSPS) is 10.5. The maximum atomic E-state index is 4.53. The van der Waals surface area contributed by atoms with Crippen LogP contribution in [0.3, 0.4) is 0 Å². The Morgan fingerprint density at radius 3 is 2.33 bits per heavy atom. The van der Waals surface area contributed by atoms with Gasteiger partial charge in [-0.2, -0.15) is 0 Å². The summed E-state index contributed by atoms with van der Waals surface area (Å²) in [7, 11) is 0. The minimum absolute atomic E-state index is 1.05. The van der Waals surface area contributed by atoms with E-state index in [1.807, 2.05) is 18.3 Å². The SMILES string of the molecule is CCCc1ccc(-c2ccccc2)cc1-c1ccccn1. The highest BCUT2D eigenvalue weighted by atomic mass is 14.7. The molecular formula is C20H19N. The first-order valence-electron chi connectivity index (χ1n) is 7.48. The first kappa shape index (κ1) is 13.6. The molecule has 0 unspecified atom stereocenters. The molecule has 0 aliphatic rings. The maximum absolute atomic E-state index is 4.53. The molecule has 0 fully saturated rings. The fourth-order valence-electron chi connectivity index (χ4n) is 2.63. The number of benzene rings is 2. The average molecular weight is 273 g/mol. The van der Waals surface area contributed by atoms with Gasteiger partial charge in [0.25, 0.3) is 0 Å². The van der Waals surface area contributed by atoms with E-state index in [0.717, 1.165) is 18.5 Å². The Morgan fingerprint density at radius 1 is 0.810 bits per heavy atom. The van der Waals surface area contributed by atoms with Crippen LogP contribution in [0.5, 0.6) is 0 Å². The van der Waals surface area contributed by atoms with Crippen LogP contribution in [0.1, 0.15) is 18.9 Å². The van der Waals surface area contributed by atoms with Gasteiger partial charge in [0, 0.05) is 11.8 Å². The molecule has 3 rings (SSSR count). The van der Waals surface area contributed by atoms with E-state index in [1.54, 1.807) is 0 Å². The molecule has 104 valence electrons. The number of pyridine rings is 1. The van der Waals surface area contributed by atoms with Crippen molar-refractivity contribution in [1.29, 1.82) is 0 Å². The van der Waals surface area contributed by atoms with Gasteiger partial charge in [0.1, 0.15) is 0 Å². The van der Waals surface area contributed by atoms with Crippen molar-refractivity contribution in [1.82, 2.24) is 4.98 Å². The molecule has 21 heavy (non-hydrogen) atoms. The van der Waals surface area contributed by atoms with Crippen molar-refractivity contribution < 1.29 is 0 Å². The molecule has 1 aromatic heterocycles. The minimum atomic E-state index is 1.05. The summed E-state index contributed by atoms with van der Waals surface area (Å²) in [5.41, 5.74) is 6.17. The summed E-state index contributed by atoms with van der Waals surface area (Å²) >= 11 is 0. The summed E-state index contributed by atoms with van der Waals surface area (Å²) in [6.07, 6.45) is 4.09. The standard InChI is InChI=1S/C20H19N/c1-2-8-17-12-13-18(16-9-4-3-5-10-16)15-19(17)20-11-6-7-14-21-20/h3-7,9-15H,2,8H2,1H3. The lowest BCUT2D eigenvalue weighted by Gasteiger charge is -2.11. The zero-order valence-corrected chi connectivity index (χ0v) is 12.3. The van der Waals surface area contributed by atoms with Crippen LogP contribution < -0.4 is 0 Å². The van der Waals surface area contributed by atoms with Crippen LogP contribution in [0.4, 0.5) is 0 Å². The molecule has 0 bridgehead atoms. The van der Waals surface area contributed by atoms with Crippen molar-refractivity contribution in [2.24, 2.45) is 0 Å². The highest BCUT2D eigenvalue weighted by Crippen LogP contribution is 2.29. The van der Waals surface area contributed by atoms with Gasteiger partial charge in [-0.25, -0.2) is 0 Å². The number of aromatic nitrogens is 1. The van der Waals surface area contributed by atoms with Gasteiger partial charge in [-0.05, 0) is 41.3 Å². The van der Waals surface area contributed by atoms with Crippen molar-refractivity contribution in [3.63, 3.8) is 0 Å². The van der Waals surface area contributed by atoms with E-state index >= 15 is 0 Å². The number of hydrogen-bond donors (Lipinski definition) is 0. The molecule has 0 N–H and O–H groups in total. The Hall–Kier alpha value is -2.41. The lowest BCUT2D eigenvalue weighted by atomic mass is 9.95. The van der Waals surface area contributed by atoms with Crippen LogP contribution in [0.25, 0.3) is 22.4 Å². The highest BCUT2D eigenvalue weighted by molar-refractivity contribution is 5.73. The van der Waals surface area contributed by atoms with Gasteiger partial charge in [0.15, 0.2) is 0 Å². The predicted octanol–water partition coefficient (Wildman–Crippen LogP) is 5.37. The summed E-state index contributed by atoms with van der Waals surface area (Å²) in [5, 5.41) is 0. The number of hydrogen-bond acceptors (Lipinski definition) is 1. The van der Waals surface area contributed by atoms with Gasteiger partial charge < -0.3 is 0 Å².